The van der Waals surface area contributed by atoms with E-state index in [2.05, 4.69) is 6.92 Å². The molecule has 0 aromatic carbocycles. The van der Waals surface area contributed by atoms with Crippen molar-refractivity contribution in [2.75, 3.05) is 6.61 Å². The van der Waals surface area contributed by atoms with Crippen LogP contribution < -0.4 is 0 Å². The van der Waals surface area contributed by atoms with Crippen LogP contribution in [-0.4, -0.2) is 24.6 Å². The SMILES string of the molecule is CCCCCCCCCCCCCCCCCC[C@@H](COC(C)=O)OC(C)=O. The van der Waals surface area contributed by atoms with Crippen LogP contribution in [0, 0.1) is 0 Å². The first-order valence-electron chi connectivity index (χ1n) is 11.9. The van der Waals surface area contributed by atoms with Crippen molar-refractivity contribution in [3.05, 3.63) is 0 Å². The quantitative estimate of drug-likeness (QED) is 0.162. The molecule has 0 aliphatic rings. The van der Waals surface area contributed by atoms with Crippen LogP contribution in [0.4, 0.5) is 0 Å². The lowest BCUT2D eigenvalue weighted by atomic mass is 10.0. The van der Waals surface area contributed by atoms with Gasteiger partial charge in [-0.3, -0.25) is 9.59 Å². The monoisotopic (exact) mass is 398 g/mol. The Balaban J connectivity index is 3.37. The highest BCUT2D eigenvalue weighted by Gasteiger charge is 2.13. The number of unbranched alkanes of at least 4 members (excludes halogenated alkanes) is 15. The highest BCUT2D eigenvalue weighted by Crippen LogP contribution is 2.15. The van der Waals surface area contributed by atoms with Gasteiger partial charge in [0.1, 0.15) is 12.7 Å². The van der Waals surface area contributed by atoms with Gasteiger partial charge < -0.3 is 9.47 Å². The fraction of sp³-hybridized carbons (Fsp3) is 0.917. The number of carbonyl (C=O) groups excluding carboxylic acids is 2. The van der Waals surface area contributed by atoms with Gasteiger partial charge in [0.2, 0.25) is 0 Å². The Morgan fingerprint density at radius 3 is 1.36 bits per heavy atom. The lowest BCUT2D eigenvalue weighted by Crippen LogP contribution is -2.23. The van der Waals surface area contributed by atoms with Gasteiger partial charge in [0.25, 0.3) is 0 Å². The summed E-state index contributed by atoms with van der Waals surface area (Å²) >= 11 is 0. The molecule has 0 bridgehead atoms. The third-order valence-corrected chi connectivity index (χ3v) is 5.18. The van der Waals surface area contributed by atoms with Crippen LogP contribution in [0.15, 0.2) is 0 Å². The van der Waals surface area contributed by atoms with Gasteiger partial charge >= 0.3 is 11.9 Å². The fourth-order valence-electron chi connectivity index (χ4n) is 3.54. The van der Waals surface area contributed by atoms with Crippen LogP contribution in [0.25, 0.3) is 0 Å². The van der Waals surface area contributed by atoms with E-state index in [0.717, 1.165) is 19.3 Å². The van der Waals surface area contributed by atoms with E-state index in [1.807, 2.05) is 0 Å². The molecule has 28 heavy (non-hydrogen) atoms. The molecule has 0 saturated carbocycles. The number of ether oxygens (including phenoxy) is 2. The Labute approximate surface area is 174 Å². The lowest BCUT2D eigenvalue weighted by molar-refractivity contribution is -0.156. The summed E-state index contributed by atoms with van der Waals surface area (Å²) < 4.78 is 10.2. The number of carbonyl (C=O) groups is 2. The Kier molecular flexibility index (Phi) is 19.9. The zero-order chi connectivity index (χ0) is 20.9. The van der Waals surface area contributed by atoms with E-state index in [0.29, 0.717) is 0 Å². The molecule has 0 amide bonds. The molecule has 0 spiro atoms. The molecule has 4 heteroatoms. The van der Waals surface area contributed by atoms with Crippen molar-refractivity contribution in [3.8, 4) is 0 Å². The number of rotatable bonds is 20. The molecule has 0 rings (SSSR count). The lowest BCUT2D eigenvalue weighted by Gasteiger charge is -2.16. The summed E-state index contributed by atoms with van der Waals surface area (Å²) in [5.41, 5.74) is 0. The summed E-state index contributed by atoms with van der Waals surface area (Å²) in [6, 6.07) is 0. The Hall–Kier alpha value is -1.06. The van der Waals surface area contributed by atoms with Gasteiger partial charge in [0.05, 0.1) is 0 Å². The van der Waals surface area contributed by atoms with Crippen LogP contribution >= 0.6 is 0 Å². The van der Waals surface area contributed by atoms with E-state index in [4.69, 9.17) is 9.47 Å². The summed E-state index contributed by atoms with van der Waals surface area (Å²) in [5.74, 6) is -0.641. The van der Waals surface area contributed by atoms with Crippen LogP contribution in [0.3, 0.4) is 0 Å². The Morgan fingerprint density at radius 2 is 1.00 bits per heavy atom. The van der Waals surface area contributed by atoms with Crippen LogP contribution in [0.2, 0.25) is 0 Å². The molecule has 0 heterocycles. The maximum Gasteiger partial charge on any atom is 0.303 e. The van der Waals surface area contributed by atoms with E-state index in [9.17, 15) is 9.59 Å². The molecule has 0 aromatic heterocycles. The highest BCUT2D eigenvalue weighted by atomic mass is 16.6. The van der Waals surface area contributed by atoms with Crippen molar-refractivity contribution < 1.29 is 19.1 Å². The van der Waals surface area contributed by atoms with Gasteiger partial charge in [-0.1, -0.05) is 103 Å². The maximum absolute atomic E-state index is 11.1. The first-order valence-corrected chi connectivity index (χ1v) is 11.9. The first-order chi connectivity index (χ1) is 13.6. The van der Waals surface area contributed by atoms with E-state index in [1.165, 1.54) is 104 Å². The van der Waals surface area contributed by atoms with Crippen molar-refractivity contribution in [2.24, 2.45) is 0 Å². The molecule has 0 N–H and O–H groups in total. The van der Waals surface area contributed by atoms with Crippen molar-refractivity contribution in [1.82, 2.24) is 0 Å². The minimum absolute atomic E-state index is 0.174. The molecule has 0 radical (unpaired) electrons. The average molecular weight is 399 g/mol. The molecule has 0 unspecified atom stereocenters. The third-order valence-electron chi connectivity index (χ3n) is 5.18. The Bertz CT molecular complexity index is 368. The van der Waals surface area contributed by atoms with E-state index >= 15 is 0 Å². The topological polar surface area (TPSA) is 52.6 Å². The summed E-state index contributed by atoms with van der Waals surface area (Å²) in [5, 5.41) is 0. The predicted octanol–water partition coefficient (Wildman–Crippen LogP) is 7.13. The highest BCUT2D eigenvalue weighted by molar-refractivity contribution is 5.67. The van der Waals surface area contributed by atoms with Crippen molar-refractivity contribution in [2.45, 2.75) is 136 Å². The predicted molar refractivity (Wildman–Crippen MR) is 116 cm³/mol. The summed E-state index contributed by atoms with van der Waals surface area (Å²) in [6.07, 6.45) is 21.9. The van der Waals surface area contributed by atoms with Crippen molar-refractivity contribution >= 4 is 11.9 Å². The Morgan fingerprint density at radius 1 is 0.607 bits per heavy atom. The normalized spacial score (nSPS) is 12.0. The van der Waals surface area contributed by atoms with Gasteiger partial charge in [0, 0.05) is 13.8 Å². The molecule has 0 fully saturated rings. The molecule has 166 valence electrons. The zero-order valence-corrected chi connectivity index (χ0v) is 18.9. The summed E-state index contributed by atoms with van der Waals surface area (Å²) in [7, 11) is 0. The summed E-state index contributed by atoms with van der Waals surface area (Å²) in [6.45, 7) is 5.22. The zero-order valence-electron chi connectivity index (χ0n) is 18.9. The maximum atomic E-state index is 11.1. The van der Waals surface area contributed by atoms with Crippen LogP contribution in [0.1, 0.15) is 130 Å². The largest absolute Gasteiger partial charge is 0.462 e. The van der Waals surface area contributed by atoms with Crippen LogP contribution in [0.5, 0.6) is 0 Å². The van der Waals surface area contributed by atoms with E-state index in [-0.39, 0.29) is 24.6 Å². The second kappa shape index (κ2) is 20.7. The summed E-state index contributed by atoms with van der Waals surface area (Å²) in [4.78, 5) is 22.0. The van der Waals surface area contributed by atoms with Crippen LogP contribution in [-0.2, 0) is 19.1 Å². The van der Waals surface area contributed by atoms with Gasteiger partial charge in [0.15, 0.2) is 0 Å². The van der Waals surface area contributed by atoms with Crippen molar-refractivity contribution in [3.63, 3.8) is 0 Å². The molecule has 0 saturated heterocycles. The molecule has 4 nitrogen and oxygen atoms in total. The van der Waals surface area contributed by atoms with E-state index in [1.54, 1.807) is 0 Å². The average Bonchev–Trinajstić information content (AvgIpc) is 2.65. The number of hydrogen-bond acceptors (Lipinski definition) is 4. The third kappa shape index (κ3) is 21.2. The number of hydrogen-bond donors (Lipinski definition) is 0. The molecule has 0 aromatic rings. The molecule has 1 atom stereocenters. The molecular weight excluding hydrogens is 352 g/mol. The van der Waals surface area contributed by atoms with E-state index < -0.39 is 0 Å². The number of esters is 2. The van der Waals surface area contributed by atoms with Crippen molar-refractivity contribution in [1.29, 1.82) is 0 Å². The second-order valence-corrected chi connectivity index (χ2v) is 8.13. The van der Waals surface area contributed by atoms with Gasteiger partial charge in [-0.25, -0.2) is 0 Å². The second-order valence-electron chi connectivity index (χ2n) is 8.13. The molecular formula is C24H46O4. The smallest absolute Gasteiger partial charge is 0.303 e. The minimum Gasteiger partial charge on any atom is -0.462 e. The van der Waals surface area contributed by atoms with Gasteiger partial charge in [-0.05, 0) is 12.8 Å². The molecule has 0 aliphatic carbocycles. The fourth-order valence-corrected chi connectivity index (χ4v) is 3.54. The minimum atomic E-state index is -0.330. The van der Waals surface area contributed by atoms with Gasteiger partial charge in [-0.2, -0.15) is 0 Å². The standard InChI is InChI=1S/C24H46O4/c1-4-5-6-7-8-9-10-11-12-13-14-15-16-17-18-19-20-24(28-23(3)26)21-27-22(2)25/h24H,4-21H2,1-3H3/t24-/m0/s1. The van der Waals surface area contributed by atoms with Gasteiger partial charge in [-0.15, -0.1) is 0 Å². The first kappa shape index (κ1) is 26.9. The molecule has 0 aliphatic heterocycles.